The third kappa shape index (κ3) is 2.94. The molecular formula is C18H22N4O. The molecule has 0 radical (unpaired) electrons. The lowest BCUT2D eigenvalue weighted by Gasteiger charge is -2.42. The highest BCUT2D eigenvalue weighted by Gasteiger charge is 2.48. The van der Waals surface area contributed by atoms with Gasteiger partial charge in [-0.3, -0.25) is 15.1 Å². The van der Waals surface area contributed by atoms with Crippen LogP contribution in [0.3, 0.4) is 0 Å². The number of nitrogens with one attached hydrogen (secondary N) is 2. The van der Waals surface area contributed by atoms with Gasteiger partial charge in [0.25, 0.3) is 0 Å². The lowest BCUT2D eigenvalue weighted by atomic mass is 9.93. The van der Waals surface area contributed by atoms with Crippen molar-refractivity contribution < 1.29 is 4.79 Å². The molecule has 3 atom stereocenters. The quantitative estimate of drug-likeness (QED) is 0.901. The van der Waals surface area contributed by atoms with Gasteiger partial charge >= 0.3 is 0 Å². The number of rotatable bonds is 3. The minimum absolute atomic E-state index is 0.0230. The van der Waals surface area contributed by atoms with Gasteiger partial charge in [-0.1, -0.05) is 19.1 Å². The second-order valence-corrected chi connectivity index (χ2v) is 7.36. The van der Waals surface area contributed by atoms with Crippen LogP contribution in [0.5, 0.6) is 0 Å². The van der Waals surface area contributed by atoms with Crippen LogP contribution in [-0.4, -0.2) is 22.3 Å². The van der Waals surface area contributed by atoms with Crippen molar-refractivity contribution in [2.45, 2.75) is 45.2 Å². The molecule has 1 aromatic rings. The number of amides is 1. The second-order valence-electron chi connectivity index (χ2n) is 7.36. The normalized spacial score (nSPS) is 27.1. The van der Waals surface area contributed by atoms with E-state index in [2.05, 4.69) is 18.3 Å². The maximum absolute atomic E-state index is 12.7. The smallest absolute Gasteiger partial charge is 0.232 e. The fraction of sp³-hybridized carbons (Fsp3) is 0.500. The molecule has 5 heteroatoms. The van der Waals surface area contributed by atoms with Gasteiger partial charge in [0.05, 0.1) is 17.7 Å². The first-order chi connectivity index (χ1) is 10.8. The Morgan fingerprint density at radius 3 is 2.74 bits per heavy atom. The molecule has 1 aromatic carbocycles. The Hall–Kier alpha value is -2.35. The van der Waals surface area contributed by atoms with Crippen molar-refractivity contribution in [3.8, 4) is 6.07 Å². The van der Waals surface area contributed by atoms with Crippen LogP contribution in [0.4, 0.5) is 0 Å². The van der Waals surface area contributed by atoms with Gasteiger partial charge in [-0.05, 0) is 49.8 Å². The van der Waals surface area contributed by atoms with Gasteiger partial charge in [-0.25, -0.2) is 0 Å². The lowest BCUT2D eigenvalue weighted by Crippen LogP contribution is -2.60. The molecule has 1 saturated heterocycles. The van der Waals surface area contributed by atoms with Crippen LogP contribution in [0.25, 0.3) is 0 Å². The fourth-order valence-corrected chi connectivity index (χ4v) is 3.48. The first kappa shape index (κ1) is 15.5. The standard InChI is InChI=1S/C18H22N4O/c1-11-7-14(11)16(13-6-4-5-12(8-13)10-19)22-15(23)9-18(2,3)21-17(22)20/h4-6,8,11,14,16H,7,9H2,1-3H3,(H2,20,21)/t11-,14-,16?/m1/s1. The number of benzene rings is 1. The van der Waals surface area contributed by atoms with Crippen molar-refractivity contribution in [1.29, 1.82) is 10.7 Å². The molecule has 120 valence electrons. The van der Waals surface area contributed by atoms with Crippen LogP contribution in [0, 0.1) is 28.6 Å². The van der Waals surface area contributed by atoms with Gasteiger partial charge < -0.3 is 5.32 Å². The number of carbonyl (C=O) groups is 1. The van der Waals surface area contributed by atoms with Crippen molar-refractivity contribution in [1.82, 2.24) is 10.2 Å². The molecule has 1 saturated carbocycles. The van der Waals surface area contributed by atoms with Crippen LogP contribution in [-0.2, 0) is 4.79 Å². The van der Waals surface area contributed by atoms with Crippen molar-refractivity contribution >= 4 is 11.9 Å². The average molecular weight is 310 g/mol. The predicted octanol–water partition coefficient (Wildman–Crippen LogP) is 2.79. The average Bonchev–Trinajstić information content (AvgIpc) is 3.18. The van der Waals surface area contributed by atoms with Crippen LogP contribution in [0.15, 0.2) is 24.3 Å². The fourth-order valence-electron chi connectivity index (χ4n) is 3.48. The van der Waals surface area contributed by atoms with Crippen molar-refractivity contribution in [2.75, 3.05) is 0 Å². The zero-order chi connectivity index (χ0) is 16.8. The van der Waals surface area contributed by atoms with E-state index in [9.17, 15) is 4.79 Å². The van der Waals surface area contributed by atoms with E-state index >= 15 is 0 Å². The second kappa shape index (κ2) is 5.38. The van der Waals surface area contributed by atoms with Crippen LogP contribution < -0.4 is 5.32 Å². The Balaban J connectivity index is 1.98. The summed E-state index contributed by atoms with van der Waals surface area (Å²) in [5.41, 5.74) is 1.14. The van der Waals surface area contributed by atoms with E-state index in [1.807, 2.05) is 32.0 Å². The topological polar surface area (TPSA) is 80.0 Å². The van der Waals surface area contributed by atoms with Crippen LogP contribution in [0.1, 0.15) is 50.8 Å². The summed E-state index contributed by atoms with van der Waals surface area (Å²) in [6, 6.07) is 9.41. The van der Waals surface area contributed by atoms with E-state index in [1.54, 1.807) is 11.0 Å². The Kier molecular flexibility index (Phi) is 3.63. The van der Waals surface area contributed by atoms with E-state index in [0.29, 0.717) is 23.8 Å². The molecule has 5 nitrogen and oxygen atoms in total. The number of hydrogen-bond acceptors (Lipinski definition) is 3. The minimum Gasteiger partial charge on any atom is -0.351 e. The number of carbonyl (C=O) groups excluding carboxylic acids is 1. The molecule has 2 fully saturated rings. The zero-order valence-corrected chi connectivity index (χ0v) is 13.8. The van der Waals surface area contributed by atoms with Gasteiger partial charge in [-0.2, -0.15) is 5.26 Å². The molecule has 3 rings (SSSR count). The summed E-state index contributed by atoms with van der Waals surface area (Å²) >= 11 is 0. The molecule has 2 aliphatic rings. The summed E-state index contributed by atoms with van der Waals surface area (Å²) < 4.78 is 0. The number of guanidine groups is 1. The highest BCUT2D eigenvalue weighted by molar-refractivity contribution is 5.99. The van der Waals surface area contributed by atoms with Gasteiger partial charge in [0.15, 0.2) is 5.96 Å². The molecule has 1 heterocycles. The molecule has 1 aliphatic carbocycles. The van der Waals surface area contributed by atoms with E-state index in [0.717, 1.165) is 12.0 Å². The summed E-state index contributed by atoms with van der Waals surface area (Å²) in [4.78, 5) is 14.3. The van der Waals surface area contributed by atoms with E-state index in [4.69, 9.17) is 10.7 Å². The summed E-state index contributed by atoms with van der Waals surface area (Å²) in [7, 11) is 0. The maximum atomic E-state index is 12.7. The van der Waals surface area contributed by atoms with E-state index < -0.39 is 0 Å². The third-order valence-electron chi connectivity index (χ3n) is 4.77. The number of hydrogen-bond donors (Lipinski definition) is 2. The van der Waals surface area contributed by atoms with Gasteiger partial charge in [0, 0.05) is 12.0 Å². The molecule has 1 unspecified atom stereocenters. The highest BCUT2D eigenvalue weighted by atomic mass is 16.2. The third-order valence-corrected chi connectivity index (χ3v) is 4.77. The molecule has 1 amide bonds. The summed E-state index contributed by atoms with van der Waals surface area (Å²) in [6.07, 6.45) is 1.41. The zero-order valence-electron chi connectivity index (χ0n) is 13.8. The summed E-state index contributed by atoms with van der Waals surface area (Å²) in [5, 5.41) is 20.6. The molecule has 0 bridgehead atoms. The largest absolute Gasteiger partial charge is 0.351 e. The van der Waals surface area contributed by atoms with Crippen LogP contribution >= 0.6 is 0 Å². The minimum atomic E-state index is -0.390. The van der Waals surface area contributed by atoms with Gasteiger partial charge in [0.2, 0.25) is 5.91 Å². The van der Waals surface area contributed by atoms with Crippen LogP contribution in [0.2, 0.25) is 0 Å². The van der Waals surface area contributed by atoms with E-state index in [-0.39, 0.29) is 23.4 Å². The lowest BCUT2D eigenvalue weighted by molar-refractivity contribution is -0.132. The molecule has 23 heavy (non-hydrogen) atoms. The first-order valence-corrected chi connectivity index (χ1v) is 8.01. The summed E-state index contributed by atoms with van der Waals surface area (Å²) in [5.74, 6) is 1.01. The molecule has 0 aromatic heterocycles. The molecular weight excluding hydrogens is 288 g/mol. The maximum Gasteiger partial charge on any atom is 0.232 e. The number of nitriles is 1. The SMILES string of the molecule is C[C@@H]1C[C@H]1C(c1cccc(C#N)c1)N1C(=N)NC(C)(C)CC1=O. The summed E-state index contributed by atoms with van der Waals surface area (Å²) in [6.45, 7) is 6.03. The Bertz CT molecular complexity index is 683. The first-order valence-electron chi connectivity index (χ1n) is 8.01. The Morgan fingerprint density at radius 2 is 2.17 bits per heavy atom. The Morgan fingerprint density at radius 1 is 1.48 bits per heavy atom. The Labute approximate surface area is 136 Å². The van der Waals surface area contributed by atoms with E-state index in [1.165, 1.54) is 0 Å². The predicted molar refractivity (Wildman–Crippen MR) is 87.6 cm³/mol. The van der Waals surface area contributed by atoms with Crippen molar-refractivity contribution in [3.63, 3.8) is 0 Å². The van der Waals surface area contributed by atoms with Gasteiger partial charge in [-0.15, -0.1) is 0 Å². The molecule has 0 spiro atoms. The molecule has 2 N–H and O–H groups in total. The van der Waals surface area contributed by atoms with Crippen molar-refractivity contribution in [3.05, 3.63) is 35.4 Å². The number of nitrogens with zero attached hydrogens (tertiary/aromatic N) is 2. The molecule has 1 aliphatic heterocycles. The monoisotopic (exact) mass is 310 g/mol. The van der Waals surface area contributed by atoms with Crippen molar-refractivity contribution in [2.24, 2.45) is 11.8 Å². The highest BCUT2D eigenvalue weighted by Crippen LogP contribution is 2.50. The van der Waals surface area contributed by atoms with Gasteiger partial charge in [0.1, 0.15) is 0 Å².